The van der Waals surface area contributed by atoms with Crippen LogP contribution in [0.3, 0.4) is 0 Å². The van der Waals surface area contributed by atoms with Crippen molar-refractivity contribution in [2.45, 2.75) is 250 Å². The van der Waals surface area contributed by atoms with E-state index in [1.54, 1.807) is 0 Å². The largest absolute Gasteiger partial charge is 0.462 e. The quantitative estimate of drug-likeness (QED) is 0.0198. The second-order valence-corrected chi connectivity index (χ2v) is 18.3. The fourth-order valence-electron chi connectivity index (χ4n) is 7.38. The van der Waals surface area contributed by atoms with Gasteiger partial charge in [-0.2, -0.15) is 8.42 Å². The molecule has 0 bridgehead atoms. The van der Waals surface area contributed by atoms with Crippen LogP contribution in [0.4, 0.5) is 0 Å². The Morgan fingerprint density at radius 3 is 1.42 bits per heavy atom. The van der Waals surface area contributed by atoms with E-state index in [4.69, 9.17) is 18.9 Å². The summed E-state index contributed by atoms with van der Waals surface area (Å²) in [6, 6.07) is 0. The Morgan fingerprint density at radius 1 is 0.559 bits per heavy atom. The van der Waals surface area contributed by atoms with Gasteiger partial charge in [0.15, 0.2) is 12.4 Å². The summed E-state index contributed by atoms with van der Waals surface area (Å²) in [5, 5.41) is 30.9. The first-order valence-corrected chi connectivity index (χ1v) is 25.4. The van der Waals surface area contributed by atoms with Crippen LogP contribution >= 0.6 is 0 Å². The van der Waals surface area contributed by atoms with E-state index in [9.17, 15) is 37.9 Å². The van der Waals surface area contributed by atoms with Gasteiger partial charge < -0.3 is 34.3 Å². The van der Waals surface area contributed by atoms with Gasteiger partial charge in [-0.25, -0.2) is 0 Å². The van der Waals surface area contributed by atoms with Gasteiger partial charge in [0.25, 0.3) is 10.1 Å². The number of carbonyl (C=O) groups excluding carboxylic acids is 2. The molecule has 6 atom stereocenters. The number of unbranched alkanes of at least 4 members (excludes halogenated alkanes) is 26. The number of esters is 2. The van der Waals surface area contributed by atoms with Crippen LogP contribution < -0.4 is 0 Å². The molecule has 348 valence electrons. The molecule has 0 saturated carbocycles. The summed E-state index contributed by atoms with van der Waals surface area (Å²) in [7, 11) is -4.60. The minimum Gasteiger partial charge on any atom is -0.462 e. The van der Waals surface area contributed by atoms with Gasteiger partial charge in [-0.3, -0.25) is 14.1 Å². The van der Waals surface area contributed by atoms with E-state index in [2.05, 4.69) is 26.0 Å². The van der Waals surface area contributed by atoms with E-state index >= 15 is 0 Å². The topological polar surface area (TPSA) is 186 Å². The molecule has 1 aliphatic heterocycles. The maximum Gasteiger partial charge on any atom is 0.306 e. The molecule has 0 radical (unpaired) electrons. The van der Waals surface area contributed by atoms with Crippen LogP contribution in [0.15, 0.2) is 12.2 Å². The van der Waals surface area contributed by atoms with Crippen LogP contribution in [0.5, 0.6) is 0 Å². The maximum absolute atomic E-state index is 12.8. The third-order valence-corrected chi connectivity index (χ3v) is 11.8. The molecule has 1 heterocycles. The summed E-state index contributed by atoms with van der Waals surface area (Å²) < 4.78 is 54.1. The summed E-state index contributed by atoms with van der Waals surface area (Å²) in [5.74, 6) is -1.99. The predicted octanol–water partition coefficient (Wildman–Crippen LogP) is 9.84. The normalized spacial score (nSPS) is 20.3. The van der Waals surface area contributed by atoms with Crippen molar-refractivity contribution in [2.24, 2.45) is 0 Å². The number of carbonyl (C=O) groups is 2. The highest BCUT2D eigenvalue weighted by Crippen LogP contribution is 2.24. The number of rotatable bonds is 40. The van der Waals surface area contributed by atoms with Crippen LogP contribution in [-0.2, 0) is 38.7 Å². The molecule has 1 aliphatic rings. The van der Waals surface area contributed by atoms with E-state index in [1.807, 2.05) is 0 Å². The SMILES string of the molecule is CCCCCCCCCC/C=C/CCCCCC(=O)O[C@H](COC(=O)CCCCCCCCCCCCCCCCCC)CO[C@H]1O[C@H](CS(=O)(=O)O)[C@@H](O)C(O)C1O. The average Bonchev–Trinajstić information content (AvgIpc) is 3.20. The Hall–Kier alpha value is -1.61. The standard InChI is InChI=1S/C46H86O12S/c1-3-5-7-9-11-13-15-17-19-21-22-24-26-28-30-32-34-41(47)55-36-39(37-56-46-45(51)44(50)43(49)40(58-46)38-59(52,53)54)57-42(48)35-33-31-29-27-25-23-20-18-16-14-12-10-8-6-4-2/h23,25,39-40,43-46,49-51H,3-22,24,26-38H2,1-2H3,(H,52,53,54)/b25-23+/t39-,40-,43-,44?,45?,46+/m1/s1. The molecule has 0 amide bonds. The van der Waals surface area contributed by atoms with Crippen LogP contribution in [0.1, 0.15) is 213 Å². The predicted molar refractivity (Wildman–Crippen MR) is 234 cm³/mol. The molecule has 12 nitrogen and oxygen atoms in total. The van der Waals surface area contributed by atoms with Crippen molar-refractivity contribution in [3.63, 3.8) is 0 Å². The van der Waals surface area contributed by atoms with Gasteiger partial charge in [0, 0.05) is 12.8 Å². The first-order chi connectivity index (χ1) is 28.5. The van der Waals surface area contributed by atoms with Crippen LogP contribution in [0.2, 0.25) is 0 Å². The van der Waals surface area contributed by atoms with Crippen LogP contribution in [-0.4, -0.2) is 96.0 Å². The lowest BCUT2D eigenvalue weighted by molar-refractivity contribution is -0.297. The van der Waals surface area contributed by atoms with Gasteiger partial charge in [-0.1, -0.05) is 174 Å². The minimum atomic E-state index is -4.60. The highest BCUT2D eigenvalue weighted by molar-refractivity contribution is 7.85. The van der Waals surface area contributed by atoms with E-state index in [0.29, 0.717) is 12.8 Å². The molecule has 0 spiro atoms. The van der Waals surface area contributed by atoms with Crippen molar-refractivity contribution in [3.05, 3.63) is 12.2 Å². The number of ether oxygens (including phenoxy) is 4. The number of aliphatic hydroxyl groups is 3. The number of hydrogen-bond acceptors (Lipinski definition) is 11. The number of hydrogen-bond donors (Lipinski definition) is 4. The molecular formula is C46H86O12S. The highest BCUT2D eigenvalue weighted by Gasteiger charge is 2.46. The number of allylic oxidation sites excluding steroid dienone is 2. The highest BCUT2D eigenvalue weighted by atomic mass is 32.2. The molecule has 0 aliphatic carbocycles. The molecule has 2 unspecified atom stereocenters. The van der Waals surface area contributed by atoms with Crippen LogP contribution in [0.25, 0.3) is 0 Å². The second kappa shape index (κ2) is 37.0. The zero-order valence-electron chi connectivity index (χ0n) is 37.1. The molecule has 0 aromatic carbocycles. The van der Waals surface area contributed by atoms with Crippen molar-refractivity contribution in [3.8, 4) is 0 Å². The van der Waals surface area contributed by atoms with Gasteiger partial charge in [0.05, 0.1) is 6.61 Å². The van der Waals surface area contributed by atoms with Gasteiger partial charge in [0.1, 0.15) is 36.8 Å². The zero-order valence-corrected chi connectivity index (χ0v) is 37.9. The van der Waals surface area contributed by atoms with Crippen molar-refractivity contribution >= 4 is 22.1 Å². The van der Waals surface area contributed by atoms with Crippen molar-refractivity contribution in [2.75, 3.05) is 19.0 Å². The first-order valence-electron chi connectivity index (χ1n) is 23.7. The Labute approximate surface area is 358 Å². The van der Waals surface area contributed by atoms with E-state index in [0.717, 1.165) is 44.9 Å². The molecule has 1 saturated heterocycles. The maximum atomic E-state index is 12.8. The van der Waals surface area contributed by atoms with Gasteiger partial charge >= 0.3 is 11.9 Å². The molecule has 4 N–H and O–H groups in total. The van der Waals surface area contributed by atoms with Crippen LogP contribution in [0, 0.1) is 0 Å². The third kappa shape index (κ3) is 31.8. The van der Waals surface area contributed by atoms with Crippen molar-refractivity contribution < 1.29 is 56.8 Å². The summed E-state index contributed by atoms with van der Waals surface area (Å²) in [6.07, 6.45) is 29.7. The summed E-state index contributed by atoms with van der Waals surface area (Å²) in [6.45, 7) is 3.77. The lowest BCUT2D eigenvalue weighted by Crippen LogP contribution is -2.60. The first kappa shape index (κ1) is 55.4. The molecule has 59 heavy (non-hydrogen) atoms. The third-order valence-electron chi connectivity index (χ3n) is 11.1. The lowest BCUT2D eigenvalue weighted by Gasteiger charge is -2.40. The van der Waals surface area contributed by atoms with E-state index in [1.165, 1.54) is 128 Å². The Bertz CT molecular complexity index is 1150. The van der Waals surface area contributed by atoms with Gasteiger partial charge in [0.2, 0.25) is 0 Å². The van der Waals surface area contributed by atoms with E-state index < -0.39 is 71.2 Å². The fraction of sp³-hybridized carbons (Fsp3) is 0.913. The summed E-state index contributed by atoms with van der Waals surface area (Å²) in [4.78, 5) is 25.4. The Morgan fingerprint density at radius 2 is 0.966 bits per heavy atom. The minimum absolute atomic E-state index is 0.148. The molecular weight excluding hydrogens is 777 g/mol. The smallest absolute Gasteiger partial charge is 0.306 e. The number of aliphatic hydroxyl groups excluding tert-OH is 3. The zero-order chi connectivity index (χ0) is 43.4. The Kier molecular flexibility index (Phi) is 34.7. The van der Waals surface area contributed by atoms with E-state index in [-0.39, 0.29) is 19.4 Å². The molecule has 13 heteroatoms. The summed E-state index contributed by atoms with van der Waals surface area (Å²) >= 11 is 0. The fourth-order valence-corrected chi connectivity index (χ4v) is 8.07. The molecule has 0 aromatic rings. The monoisotopic (exact) mass is 863 g/mol. The molecule has 1 fully saturated rings. The molecule has 0 aromatic heterocycles. The lowest BCUT2D eigenvalue weighted by atomic mass is 10.00. The van der Waals surface area contributed by atoms with Crippen molar-refractivity contribution in [1.82, 2.24) is 0 Å². The van der Waals surface area contributed by atoms with Crippen molar-refractivity contribution in [1.29, 1.82) is 0 Å². The van der Waals surface area contributed by atoms with Gasteiger partial charge in [-0.05, 0) is 38.5 Å². The summed E-state index contributed by atoms with van der Waals surface area (Å²) in [5.41, 5.74) is 0. The Balaban J connectivity index is 2.42. The average molecular weight is 863 g/mol. The second-order valence-electron chi connectivity index (χ2n) is 16.8. The van der Waals surface area contributed by atoms with Gasteiger partial charge in [-0.15, -0.1) is 0 Å². The molecule has 1 rings (SSSR count).